The zero-order valence-electron chi connectivity index (χ0n) is 7.65. The van der Waals surface area contributed by atoms with Gasteiger partial charge in [0.2, 0.25) is 0 Å². The molecule has 0 heterocycles. The predicted molar refractivity (Wildman–Crippen MR) is 41.1 cm³/mol. The van der Waals surface area contributed by atoms with Gasteiger partial charge in [-0.2, -0.15) is 0 Å². The van der Waals surface area contributed by atoms with E-state index in [1.807, 2.05) is 0 Å². The maximum atomic E-state index is 2.45. The summed E-state index contributed by atoms with van der Waals surface area (Å²) in [6, 6.07) is 0. The first kappa shape index (κ1) is 14.9. The second kappa shape index (κ2) is 7.97. The zero-order chi connectivity index (χ0) is 6.69. The van der Waals surface area contributed by atoms with E-state index in [2.05, 4.69) is 20.3 Å². The monoisotopic (exact) mass is 316 g/mol. The van der Waals surface area contributed by atoms with Crippen LogP contribution in [-0.2, 0) is 19.5 Å². The van der Waals surface area contributed by atoms with Crippen LogP contribution in [0.3, 0.4) is 0 Å². The number of halogens is 1. The van der Waals surface area contributed by atoms with Crippen molar-refractivity contribution < 1.29 is 43.5 Å². The van der Waals surface area contributed by atoms with Crippen molar-refractivity contribution in [3.05, 3.63) is 6.42 Å². The molecular formula is C9H17IZn-. The Kier molecular flexibility index (Phi) is 10.8. The van der Waals surface area contributed by atoms with Crippen LogP contribution in [0.4, 0.5) is 0 Å². The number of rotatable bonds is 1. The van der Waals surface area contributed by atoms with Crippen molar-refractivity contribution >= 4 is 0 Å². The van der Waals surface area contributed by atoms with E-state index in [4.69, 9.17) is 0 Å². The molecule has 1 atom stereocenters. The van der Waals surface area contributed by atoms with Gasteiger partial charge in [-0.1, -0.05) is 33.1 Å². The molecule has 1 rings (SSSR count). The number of hydrogen-bond donors (Lipinski definition) is 0. The van der Waals surface area contributed by atoms with Crippen molar-refractivity contribution in [2.75, 3.05) is 0 Å². The Hall–Kier alpha value is 1.35. The van der Waals surface area contributed by atoms with Gasteiger partial charge in [0.15, 0.2) is 0 Å². The number of hydrogen-bond acceptors (Lipinski definition) is 0. The quantitative estimate of drug-likeness (QED) is 0.473. The Labute approximate surface area is 101 Å². The summed E-state index contributed by atoms with van der Waals surface area (Å²) >= 11 is 0. The normalized spacial score (nSPS) is 18.8. The summed E-state index contributed by atoms with van der Waals surface area (Å²) in [4.78, 5) is 0. The predicted octanol–water partition coefficient (Wildman–Crippen LogP) is 0.0384. The minimum absolute atomic E-state index is 0. The third-order valence-corrected chi connectivity index (χ3v) is 2.40. The van der Waals surface area contributed by atoms with Crippen LogP contribution in [0.25, 0.3) is 0 Å². The minimum atomic E-state index is 0. The molecule has 0 aromatic rings. The minimum Gasteiger partial charge on any atom is -1.00 e. The molecule has 63 valence electrons. The van der Waals surface area contributed by atoms with Crippen molar-refractivity contribution in [1.29, 1.82) is 0 Å². The van der Waals surface area contributed by atoms with E-state index in [-0.39, 0.29) is 43.5 Å². The van der Waals surface area contributed by atoms with Crippen LogP contribution in [0.5, 0.6) is 0 Å². The summed E-state index contributed by atoms with van der Waals surface area (Å²) in [6.45, 7) is 4.67. The SMILES string of the molecule is CC(C)C1C[CH]CCC1.[I-].[Zn]. The van der Waals surface area contributed by atoms with Gasteiger partial charge in [0.25, 0.3) is 0 Å². The van der Waals surface area contributed by atoms with E-state index in [0.29, 0.717) is 0 Å². The van der Waals surface area contributed by atoms with Gasteiger partial charge in [-0.05, 0) is 24.7 Å². The average molecular weight is 318 g/mol. The molecule has 0 N–H and O–H groups in total. The molecule has 0 saturated heterocycles. The third kappa shape index (κ3) is 5.57. The molecule has 1 unspecified atom stereocenters. The first-order valence-electron chi connectivity index (χ1n) is 4.12. The van der Waals surface area contributed by atoms with E-state index in [1.165, 1.54) is 25.7 Å². The van der Waals surface area contributed by atoms with Crippen LogP contribution in [0.1, 0.15) is 39.5 Å². The van der Waals surface area contributed by atoms with Crippen LogP contribution in [0.2, 0.25) is 0 Å². The molecular weight excluding hydrogens is 300 g/mol. The van der Waals surface area contributed by atoms with E-state index in [0.717, 1.165) is 11.8 Å². The molecule has 1 radical (unpaired) electrons. The van der Waals surface area contributed by atoms with Crippen molar-refractivity contribution in [1.82, 2.24) is 0 Å². The van der Waals surface area contributed by atoms with E-state index < -0.39 is 0 Å². The van der Waals surface area contributed by atoms with Crippen molar-refractivity contribution in [2.24, 2.45) is 11.8 Å². The third-order valence-electron chi connectivity index (χ3n) is 2.40. The van der Waals surface area contributed by atoms with Crippen LogP contribution >= 0.6 is 0 Å². The average Bonchev–Trinajstić information content (AvgIpc) is 1.90. The second-order valence-electron chi connectivity index (χ2n) is 3.46. The van der Waals surface area contributed by atoms with Crippen LogP contribution in [-0.4, -0.2) is 0 Å². The van der Waals surface area contributed by atoms with E-state index >= 15 is 0 Å². The Morgan fingerprint density at radius 1 is 1.36 bits per heavy atom. The zero-order valence-corrected chi connectivity index (χ0v) is 12.8. The Morgan fingerprint density at radius 2 is 2.00 bits per heavy atom. The van der Waals surface area contributed by atoms with Gasteiger partial charge in [0.1, 0.15) is 0 Å². The topological polar surface area (TPSA) is 0 Å². The molecule has 1 fully saturated rings. The molecule has 0 aromatic heterocycles. The maximum absolute atomic E-state index is 2.45. The molecule has 0 amide bonds. The Balaban J connectivity index is 0. The van der Waals surface area contributed by atoms with Gasteiger partial charge >= 0.3 is 0 Å². The fraction of sp³-hybridized carbons (Fsp3) is 0.889. The van der Waals surface area contributed by atoms with Gasteiger partial charge in [-0.15, -0.1) is 0 Å². The molecule has 2 heteroatoms. The summed E-state index contributed by atoms with van der Waals surface area (Å²) in [5.74, 6) is 1.90. The van der Waals surface area contributed by atoms with Gasteiger partial charge in [0, 0.05) is 19.5 Å². The van der Waals surface area contributed by atoms with Crippen molar-refractivity contribution in [3.8, 4) is 0 Å². The fourth-order valence-electron chi connectivity index (χ4n) is 1.58. The first-order valence-corrected chi connectivity index (χ1v) is 4.12. The van der Waals surface area contributed by atoms with E-state index in [9.17, 15) is 0 Å². The summed E-state index contributed by atoms with van der Waals surface area (Å²) < 4.78 is 0. The van der Waals surface area contributed by atoms with Gasteiger partial charge in [-0.3, -0.25) is 0 Å². The molecule has 0 aromatic carbocycles. The van der Waals surface area contributed by atoms with Crippen LogP contribution in [0, 0.1) is 18.3 Å². The standard InChI is InChI=1S/C9H17.HI.Zn/c1-8(2)9-6-4-3-5-7-9;;/h4,8-9H,3,5-7H2,1-2H3;1H;/p-1. The van der Waals surface area contributed by atoms with Gasteiger partial charge in [0.05, 0.1) is 0 Å². The van der Waals surface area contributed by atoms with E-state index in [1.54, 1.807) is 0 Å². The molecule has 0 nitrogen and oxygen atoms in total. The van der Waals surface area contributed by atoms with Gasteiger partial charge in [-0.25, -0.2) is 0 Å². The molecule has 0 bridgehead atoms. The second-order valence-corrected chi connectivity index (χ2v) is 3.46. The maximum Gasteiger partial charge on any atom is 0 e. The summed E-state index contributed by atoms with van der Waals surface area (Å²) in [5.41, 5.74) is 0. The largest absolute Gasteiger partial charge is 1.00 e. The first-order chi connectivity index (χ1) is 4.30. The van der Waals surface area contributed by atoms with Crippen molar-refractivity contribution in [3.63, 3.8) is 0 Å². The smallest absolute Gasteiger partial charge is 0 e. The molecule has 1 aliphatic rings. The van der Waals surface area contributed by atoms with Crippen LogP contribution in [0.15, 0.2) is 0 Å². The summed E-state index contributed by atoms with van der Waals surface area (Å²) in [5, 5.41) is 0. The Morgan fingerprint density at radius 3 is 2.27 bits per heavy atom. The Bertz CT molecular complexity index is 77.6. The van der Waals surface area contributed by atoms with Gasteiger partial charge < -0.3 is 24.0 Å². The molecule has 0 spiro atoms. The molecule has 1 aliphatic carbocycles. The van der Waals surface area contributed by atoms with Crippen LogP contribution < -0.4 is 24.0 Å². The molecule has 0 aliphatic heterocycles. The summed E-state index contributed by atoms with van der Waals surface area (Å²) in [7, 11) is 0. The van der Waals surface area contributed by atoms with Crippen molar-refractivity contribution in [2.45, 2.75) is 39.5 Å². The molecule has 1 saturated carbocycles. The fourth-order valence-corrected chi connectivity index (χ4v) is 1.58. The summed E-state index contributed by atoms with van der Waals surface area (Å²) in [6.07, 6.45) is 8.09. The molecule has 11 heavy (non-hydrogen) atoms.